The quantitative estimate of drug-likeness (QED) is 0.300. The molecule has 0 rings (SSSR count). The Morgan fingerprint density at radius 3 is 2.15 bits per heavy atom. The van der Waals surface area contributed by atoms with Gasteiger partial charge in [0.05, 0.1) is 0 Å². The first-order valence-electron chi connectivity index (χ1n) is 5.13. The average molecular weight is 180 g/mol. The molecule has 0 spiro atoms. The molecule has 0 aliphatic carbocycles. The second kappa shape index (κ2) is 11.2. The summed E-state index contributed by atoms with van der Waals surface area (Å²) in [5.41, 5.74) is 0. The van der Waals surface area contributed by atoms with Crippen molar-refractivity contribution >= 4 is 6.29 Å². The monoisotopic (exact) mass is 180 g/mol. The highest BCUT2D eigenvalue weighted by atomic mass is 16.1. The van der Waals surface area contributed by atoms with Crippen molar-refractivity contribution in [2.75, 3.05) is 0 Å². The molecule has 13 heavy (non-hydrogen) atoms. The molecule has 1 heteroatoms. The van der Waals surface area contributed by atoms with Crippen molar-refractivity contribution < 1.29 is 4.79 Å². The summed E-state index contributed by atoms with van der Waals surface area (Å²) in [5.74, 6) is 0. The van der Waals surface area contributed by atoms with Gasteiger partial charge in [0.15, 0.2) is 0 Å². The lowest BCUT2D eigenvalue weighted by atomic mass is 10.1. The summed E-state index contributed by atoms with van der Waals surface area (Å²) in [5, 5.41) is 0. The van der Waals surface area contributed by atoms with Crippen LogP contribution in [-0.4, -0.2) is 6.29 Å². The predicted molar refractivity (Wildman–Crippen MR) is 57.7 cm³/mol. The Kier molecular flexibility index (Phi) is 10.4. The zero-order valence-corrected chi connectivity index (χ0v) is 8.37. The van der Waals surface area contributed by atoms with Crippen LogP contribution >= 0.6 is 0 Å². The highest BCUT2D eigenvalue weighted by Gasteiger charge is 1.88. The summed E-state index contributed by atoms with van der Waals surface area (Å²) in [6.45, 7) is 3.61. The smallest absolute Gasteiger partial charge is 0.119 e. The first-order valence-corrected chi connectivity index (χ1v) is 5.13. The summed E-state index contributed by atoms with van der Waals surface area (Å²) in [7, 11) is 0. The number of carbonyl (C=O) groups is 1. The molecular weight excluding hydrogens is 160 g/mol. The van der Waals surface area contributed by atoms with E-state index in [2.05, 4.69) is 12.7 Å². The maximum absolute atomic E-state index is 9.99. The number of unbranched alkanes of at least 4 members (excludes halogenated alkanes) is 6. The third-order valence-electron chi connectivity index (χ3n) is 1.96. The van der Waals surface area contributed by atoms with Gasteiger partial charge in [0.25, 0.3) is 0 Å². The van der Waals surface area contributed by atoms with Crippen molar-refractivity contribution in [3.8, 4) is 0 Å². The minimum Gasteiger partial charge on any atom is -0.303 e. The Balaban J connectivity index is 2.95. The summed E-state index contributed by atoms with van der Waals surface area (Å²) in [6, 6.07) is 0. The Labute approximate surface area is 81.5 Å². The molecule has 1 nitrogen and oxygen atoms in total. The van der Waals surface area contributed by atoms with Crippen LogP contribution in [0, 0.1) is 0 Å². The molecule has 0 heterocycles. The molecule has 0 aliphatic heterocycles. The Hall–Kier alpha value is -0.850. The molecule has 0 fully saturated rings. The summed E-state index contributed by atoms with van der Waals surface area (Å²) in [4.78, 5) is 9.99. The van der Waals surface area contributed by atoms with Crippen LogP contribution in [0.4, 0.5) is 0 Å². The minimum absolute atomic E-state index is 0.733. The van der Waals surface area contributed by atoms with Crippen molar-refractivity contribution in [3.05, 3.63) is 24.8 Å². The molecule has 0 atom stereocenters. The lowest BCUT2D eigenvalue weighted by Gasteiger charge is -1.96. The van der Waals surface area contributed by atoms with Gasteiger partial charge >= 0.3 is 0 Å². The lowest BCUT2D eigenvalue weighted by Crippen LogP contribution is -1.79. The average Bonchev–Trinajstić information content (AvgIpc) is 2.16. The van der Waals surface area contributed by atoms with E-state index in [9.17, 15) is 4.79 Å². The van der Waals surface area contributed by atoms with E-state index < -0.39 is 0 Å². The molecule has 0 radical (unpaired) electrons. The normalized spacial score (nSPS) is 10.5. The topological polar surface area (TPSA) is 17.1 Å². The predicted octanol–water partition coefficient (Wildman–Crippen LogP) is 3.66. The van der Waals surface area contributed by atoms with Crippen molar-refractivity contribution in [1.29, 1.82) is 0 Å². The molecule has 0 aromatic rings. The van der Waals surface area contributed by atoms with E-state index in [-0.39, 0.29) is 0 Å². The van der Waals surface area contributed by atoms with Crippen LogP contribution in [0.2, 0.25) is 0 Å². The second-order valence-corrected chi connectivity index (χ2v) is 3.18. The standard InChI is InChI=1S/C12H20O/c1-2-3-4-5-6-7-8-9-10-11-12-13/h2-4,12H,1,5-11H2/b4-3-. The third kappa shape index (κ3) is 11.1. The first-order chi connectivity index (χ1) is 6.41. The fourth-order valence-electron chi connectivity index (χ4n) is 1.21. The van der Waals surface area contributed by atoms with Crippen LogP contribution < -0.4 is 0 Å². The fraction of sp³-hybridized carbons (Fsp3) is 0.583. The number of carbonyl (C=O) groups excluding carboxylic acids is 1. The van der Waals surface area contributed by atoms with Crippen LogP contribution in [-0.2, 0) is 4.79 Å². The fourth-order valence-corrected chi connectivity index (χ4v) is 1.21. The molecule has 0 N–H and O–H groups in total. The zero-order valence-electron chi connectivity index (χ0n) is 8.37. The number of aldehydes is 1. The number of hydrogen-bond acceptors (Lipinski definition) is 1. The van der Waals surface area contributed by atoms with E-state index in [1.54, 1.807) is 0 Å². The van der Waals surface area contributed by atoms with Gasteiger partial charge < -0.3 is 4.79 Å². The summed E-state index contributed by atoms with van der Waals surface area (Å²) >= 11 is 0. The Bertz CT molecular complexity index is 147. The van der Waals surface area contributed by atoms with Crippen LogP contribution in [0.1, 0.15) is 44.9 Å². The molecule has 0 unspecified atom stereocenters. The maximum Gasteiger partial charge on any atom is 0.119 e. The highest BCUT2D eigenvalue weighted by Crippen LogP contribution is 2.06. The highest BCUT2D eigenvalue weighted by molar-refractivity contribution is 5.48. The summed E-state index contributed by atoms with van der Waals surface area (Å²) < 4.78 is 0. The molecule has 74 valence electrons. The van der Waals surface area contributed by atoms with Gasteiger partial charge in [-0.15, -0.1) is 0 Å². The van der Waals surface area contributed by atoms with Gasteiger partial charge in [-0.25, -0.2) is 0 Å². The molecule has 0 amide bonds. The van der Waals surface area contributed by atoms with Gasteiger partial charge in [0.1, 0.15) is 6.29 Å². The van der Waals surface area contributed by atoms with E-state index >= 15 is 0 Å². The van der Waals surface area contributed by atoms with Crippen molar-refractivity contribution in [2.45, 2.75) is 44.9 Å². The van der Waals surface area contributed by atoms with Crippen LogP contribution in [0.25, 0.3) is 0 Å². The Morgan fingerprint density at radius 1 is 0.923 bits per heavy atom. The maximum atomic E-state index is 9.99. The zero-order chi connectivity index (χ0) is 9.78. The van der Waals surface area contributed by atoms with E-state index in [1.807, 2.05) is 12.2 Å². The number of hydrogen-bond donors (Lipinski definition) is 0. The van der Waals surface area contributed by atoms with Crippen molar-refractivity contribution in [1.82, 2.24) is 0 Å². The first kappa shape index (κ1) is 12.2. The molecule has 0 bridgehead atoms. The second-order valence-electron chi connectivity index (χ2n) is 3.18. The molecule has 0 saturated heterocycles. The molecule has 0 aliphatic rings. The van der Waals surface area contributed by atoms with E-state index in [0.717, 1.165) is 25.5 Å². The van der Waals surface area contributed by atoms with Crippen molar-refractivity contribution in [3.63, 3.8) is 0 Å². The molecule has 0 aromatic carbocycles. The van der Waals surface area contributed by atoms with Gasteiger partial charge in [-0.2, -0.15) is 0 Å². The van der Waals surface area contributed by atoms with Gasteiger partial charge in [0, 0.05) is 6.42 Å². The van der Waals surface area contributed by atoms with Crippen LogP contribution in [0.3, 0.4) is 0 Å². The SMILES string of the molecule is C=C/C=C\CCCCCCCC=O. The van der Waals surface area contributed by atoms with Gasteiger partial charge in [-0.05, 0) is 19.3 Å². The Morgan fingerprint density at radius 2 is 1.54 bits per heavy atom. The molecular formula is C12H20O. The lowest BCUT2D eigenvalue weighted by molar-refractivity contribution is -0.107. The van der Waals surface area contributed by atoms with Crippen molar-refractivity contribution in [2.24, 2.45) is 0 Å². The molecule has 0 saturated carbocycles. The van der Waals surface area contributed by atoms with E-state index in [4.69, 9.17) is 0 Å². The largest absolute Gasteiger partial charge is 0.303 e. The number of rotatable bonds is 9. The third-order valence-corrected chi connectivity index (χ3v) is 1.96. The summed E-state index contributed by atoms with van der Waals surface area (Å²) in [6.07, 6.45) is 14.9. The molecule has 0 aromatic heterocycles. The van der Waals surface area contributed by atoms with Crippen LogP contribution in [0.5, 0.6) is 0 Å². The van der Waals surface area contributed by atoms with Gasteiger partial charge in [0.2, 0.25) is 0 Å². The van der Waals surface area contributed by atoms with Crippen LogP contribution in [0.15, 0.2) is 24.8 Å². The van der Waals surface area contributed by atoms with E-state index in [1.165, 1.54) is 25.7 Å². The van der Waals surface area contributed by atoms with Gasteiger partial charge in [-0.1, -0.05) is 44.1 Å². The van der Waals surface area contributed by atoms with Gasteiger partial charge in [-0.3, -0.25) is 0 Å². The minimum atomic E-state index is 0.733. The number of allylic oxidation sites excluding steroid dienone is 3. The van der Waals surface area contributed by atoms with E-state index in [0.29, 0.717) is 0 Å².